The van der Waals surface area contributed by atoms with Crippen LogP contribution in [0.15, 0.2) is 72.8 Å². The molecule has 0 bridgehead atoms. The first kappa shape index (κ1) is 23.1. The highest BCUT2D eigenvalue weighted by Gasteiger charge is 2.39. The van der Waals surface area contributed by atoms with E-state index in [0.29, 0.717) is 26.9 Å². The summed E-state index contributed by atoms with van der Waals surface area (Å²) in [6.45, 7) is 5.74. The molecule has 168 valence electrons. The average Bonchev–Trinajstić information content (AvgIpc) is 2.89. The number of amides is 2. The molecule has 1 unspecified atom stereocenters. The fourth-order valence-electron chi connectivity index (χ4n) is 3.90. The van der Waals surface area contributed by atoms with Crippen molar-refractivity contribution in [2.45, 2.75) is 32.4 Å². The second-order valence-corrected chi connectivity index (χ2v) is 9.86. The van der Waals surface area contributed by atoms with Gasteiger partial charge in [-0.05, 0) is 86.0 Å². The van der Waals surface area contributed by atoms with Crippen molar-refractivity contribution in [2.24, 2.45) is 0 Å². The third-order valence-electron chi connectivity index (χ3n) is 5.30. The molecule has 4 nitrogen and oxygen atoms in total. The molecular formula is C27H24Cl2N2O2. The first-order valence-electron chi connectivity index (χ1n) is 10.6. The number of carbonyl (C=O) groups excluding carboxylic acids is 2. The molecule has 6 heteroatoms. The molecule has 1 aliphatic rings. The van der Waals surface area contributed by atoms with E-state index in [1.165, 1.54) is 0 Å². The van der Waals surface area contributed by atoms with Gasteiger partial charge in [0.2, 0.25) is 5.91 Å². The van der Waals surface area contributed by atoms with Gasteiger partial charge in [0.15, 0.2) is 0 Å². The first-order valence-corrected chi connectivity index (χ1v) is 11.4. The standard InChI is InChI=1S/C27H24Cl2N2O2/c1-27(2,3)30-25(32)24-23(17-8-10-19(28)11-9-17)16-18-6-4-5-7-22(18)26(33)31(24)21-14-12-20(29)13-15-21/h4-16,24H,1-3H3,(H,30,32). The van der Waals surface area contributed by atoms with Crippen LogP contribution in [-0.4, -0.2) is 23.4 Å². The minimum atomic E-state index is -0.911. The molecule has 3 aromatic carbocycles. The summed E-state index contributed by atoms with van der Waals surface area (Å²) >= 11 is 12.3. The Bertz CT molecular complexity index is 1230. The van der Waals surface area contributed by atoms with Gasteiger partial charge in [-0.1, -0.05) is 53.5 Å². The number of fused-ring (bicyclic) bond motifs is 1. The Labute approximate surface area is 203 Å². The number of benzene rings is 3. The van der Waals surface area contributed by atoms with E-state index >= 15 is 0 Å². The molecule has 1 atom stereocenters. The van der Waals surface area contributed by atoms with Crippen LogP contribution < -0.4 is 10.2 Å². The van der Waals surface area contributed by atoms with Crippen LogP contribution in [0.4, 0.5) is 5.69 Å². The van der Waals surface area contributed by atoms with Gasteiger partial charge in [-0.25, -0.2) is 0 Å². The highest BCUT2D eigenvalue weighted by molar-refractivity contribution is 6.31. The van der Waals surface area contributed by atoms with Gasteiger partial charge in [0, 0.05) is 26.8 Å². The number of anilines is 1. The number of rotatable bonds is 3. The monoisotopic (exact) mass is 478 g/mol. The second kappa shape index (κ2) is 9.05. The van der Waals surface area contributed by atoms with Gasteiger partial charge in [-0.15, -0.1) is 0 Å². The predicted molar refractivity (Wildman–Crippen MR) is 136 cm³/mol. The summed E-state index contributed by atoms with van der Waals surface area (Å²) in [6, 6.07) is 20.7. The number of hydrogen-bond donors (Lipinski definition) is 1. The predicted octanol–water partition coefficient (Wildman–Crippen LogP) is 6.48. The molecule has 4 rings (SSSR count). The molecule has 1 aliphatic heterocycles. The summed E-state index contributed by atoms with van der Waals surface area (Å²) in [5, 5.41) is 4.20. The van der Waals surface area contributed by atoms with Crippen molar-refractivity contribution < 1.29 is 9.59 Å². The highest BCUT2D eigenvalue weighted by atomic mass is 35.5. The minimum absolute atomic E-state index is 0.262. The molecule has 0 aromatic heterocycles. The van der Waals surface area contributed by atoms with Gasteiger partial charge in [-0.3, -0.25) is 14.5 Å². The lowest BCUT2D eigenvalue weighted by Crippen LogP contribution is -2.54. The number of nitrogens with zero attached hydrogens (tertiary/aromatic N) is 1. The van der Waals surface area contributed by atoms with E-state index in [0.717, 1.165) is 11.1 Å². The maximum atomic E-state index is 13.9. The van der Waals surface area contributed by atoms with Crippen LogP contribution >= 0.6 is 23.2 Å². The molecule has 1 heterocycles. The van der Waals surface area contributed by atoms with Crippen LogP contribution in [0.3, 0.4) is 0 Å². The maximum absolute atomic E-state index is 13.9. The maximum Gasteiger partial charge on any atom is 0.259 e. The molecule has 2 amide bonds. The Balaban J connectivity index is 1.99. The number of halogens is 2. The third-order valence-corrected chi connectivity index (χ3v) is 5.81. The number of nitrogens with one attached hydrogen (secondary N) is 1. The lowest BCUT2D eigenvalue weighted by atomic mass is 9.94. The quantitative estimate of drug-likeness (QED) is 0.468. The topological polar surface area (TPSA) is 49.4 Å². The van der Waals surface area contributed by atoms with Crippen LogP contribution in [0.5, 0.6) is 0 Å². The van der Waals surface area contributed by atoms with Crippen LogP contribution in [0.1, 0.15) is 42.3 Å². The smallest absolute Gasteiger partial charge is 0.259 e. The molecule has 33 heavy (non-hydrogen) atoms. The summed E-state index contributed by atoms with van der Waals surface area (Å²) in [5.41, 5.74) is 2.85. The fourth-order valence-corrected chi connectivity index (χ4v) is 4.15. The molecule has 0 aliphatic carbocycles. The van der Waals surface area contributed by atoms with Gasteiger partial charge < -0.3 is 5.32 Å². The molecule has 3 aromatic rings. The van der Waals surface area contributed by atoms with Crippen LogP contribution in [0, 0.1) is 0 Å². The Morgan fingerprint density at radius 1 is 0.879 bits per heavy atom. The van der Waals surface area contributed by atoms with Crippen molar-refractivity contribution in [1.29, 1.82) is 0 Å². The first-order chi connectivity index (χ1) is 15.6. The van der Waals surface area contributed by atoms with E-state index < -0.39 is 11.6 Å². The second-order valence-electron chi connectivity index (χ2n) is 8.99. The summed E-state index contributed by atoms with van der Waals surface area (Å²) < 4.78 is 0. The minimum Gasteiger partial charge on any atom is -0.349 e. The SMILES string of the molecule is CC(C)(C)NC(=O)C1C(c2ccc(Cl)cc2)=Cc2ccccc2C(=O)N1c1ccc(Cl)cc1. The van der Waals surface area contributed by atoms with Crippen molar-refractivity contribution in [3.8, 4) is 0 Å². The summed E-state index contributed by atoms with van der Waals surface area (Å²) in [6.07, 6.45) is 1.92. The lowest BCUT2D eigenvalue weighted by molar-refractivity contribution is -0.122. The van der Waals surface area contributed by atoms with E-state index in [9.17, 15) is 9.59 Å². The van der Waals surface area contributed by atoms with Gasteiger partial charge in [0.05, 0.1) is 0 Å². The lowest BCUT2D eigenvalue weighted by Gasteiger charge is -2.34. The Hall–Kier alpha value is -3.08. The Kier molecular flexibility index (Phi) is 6.33. The van der Waals surface area contributed by atoms with Crippen LogP contribution in [0.25, 0.3) is 11.6 Å². The highest BCUT2D eigenvalue weighted by Crippen LogP contribution is 2.35. The fraction of sp³-hybridized carbons (Fsp3) is 0.185. The van der Waals surface area contributed by atoms with Gasteiger partial charge in [-0.2, -0.15) is 0 Å². The van der Waals surface area contributed by atoms with Crippen molar-refractivity contribution in [3.63, 3.8) is 0 Å². The van der Waals surface area contributed by atoms with Crippen LogP contribution in [0.2, 0.25) is 10.0 Å². The van der Waals surface area contributed by atoms with E-state index in [1.54, 1.807) is 47.4 Å². The Morgan fingerprint density at radius 2 is 1.45 bits per heavy atom. The van der Waals surface area contributed by atoms with Gasteiger partial charge in [0.25, 0.3) is 5.91 Å². The largest absolute Gasteiger partial charge is 0.349 e. The van der Waals surface area contributed by atoms with Gasteiger partial charge in [0.1, 0.15) is 6.04 Å². The normalized spacial score (nSPS) is 16.0. The zero-order valence-corrected chi connectivity index (χ0v) is 20.1. The van der Waals surface area contributed by atoms with E-state index in [4.69, 9.17) is 23.2 Å². The zero-order valence-electron chi connectivity index (χ0n) is 18.6. The molecule has 0 radical (unpaired) electrons. The molecule has 1 N–H and O–H groups in total. The molecule has 0 saturated carbocycles. The number of carbonyl (C=O) groups is 2. The van der Waals surface area contributed by atoms with E-state index in [2.05, 4.69) is 5.32 Å². The summed E-state index contributed by atoms with van der Waals surface area (Å²) in [4.78, 5) is 29.2. The zero-order chi connectivity index (χ0) is 23.8. The van der Waals surface area contributed by atoms with Crippen molar-refractivity contribution in [2.75, 3.05) is 4.90 Å². The molecule has 0 fully saturated rings. The van der Waals surface area contributed by atoms with Gasteiger partial charge >= 0.3 is 0 Å². The van der Waals surface area contributed by atoms with Crippen LogP contribution in [-0.2, 0) is 4.79 Å². The van der Waals surface area contributed by atoms with Crippen molar-refractivity contribution >= 4 is 52.4 Å². The summed E-state index contributed by atoms with van der Waals surface area (Å²) in [7, 11) is 0. The molecular weight excluding hydrogens is 455 g/mol. The van der Waals surface area contributed by atoms with Crippen molar-refractivity contribution in [1.82, 2.24) is 5.32 Å². The van der Waals surface area contributed by atoms with E-state index in [1.807, 2.05) is 57.2 Å². The molecule has 0 saturated heterocycles. The Morgan fingerprint density at radius 3 is 2.06 bits per heavy atom. The summed E-state index contributed by atoms with van der Waals surface area (Å²) in [5.74, 6) is -0.540. The number of hydrogen-bond acceptors (Lipinski definition) is 2. The van der Waals surface area contributed by atoms with E-state index in [-0.39, 0.29) is 11.8 Å². The molecule has 0 spiro atoms. The average molecular weight is 479 g/mol. The third kappa shape index (κ3) is 4.97. The van der Waals surface area contributed by atoms with Crippen molar-refractivity contribution in [3.05, 3.63) is 99.5 Å².